The average Bonchev–Trinajstić information content (AvgIpc) is 3.22. The minimum Gasteiger partial charge on any atom is -0.342 e. The largest absolute Gasteiger partial charge is 0.342 e. The monoisotopic (exact) mass is 379 g/mol. The van der Waals surface area contributed by atoms with Crippen LogP contribution >= 0.6 is 11.8 Å². The summed E-state index contributed by atoms with van der Waals surface area (Å²) in [5.74, 6) is 0.396. The first-order valence-corrected chi connectivity index (χ1v) is 10.1. The second-order valence-corrected chi connectivity index (χ2v) is 7.66. The summed E-state index contributed by atoms with van der Waals surface area (Å²) >= 11 is 1.34. The van der Waals surface area contributed by atoms with E-state index in [1.54, 1.807) is 10.6 Å². The Balaban J connectivity index is 1.78. The van der Waals surface area contributed by atoms with Gasteiger partial charge in [-0.1, -0.05) is 42.1 Å². The molecule has 138 valence electrons. The lowest BCUT2D eigenvalue weighted by Gasteiger charge is -2.17. The number of nitrogens with zero attached hydrogens (tertiary/aromatic N) is 3. The highest BCUT2D eigenvalue weighted by Crippen LogP contribution is 2.23. The van der Waals surface area contributed by atoms with Crippen molar-refractivity contribution in [3.63, 3.8) is 0 Å². The Kier molecular flexibility index (Phi) is 4.99. The predicted molar refractivity (Wildman–Crippen MR) is 109 cm³/mol. The Labute approximate surface area is 162 Å². The van der Waals surface area contributed by atoms with Crippen LogP contribution in [0.3, 0.4) is 0 Å². The first-order chi connectivity index (χ1) is 13.1. The van der Waals surface area contributed by atoms with Gasteiger partial charge in [0, 0.05) is 13.1 Å². The fourth-order valence-corrected chi connectivity index (χ4v) is 4.33. The number of rotatable bonds is 4. The summed E-state index contributed by atoms with van der Waals surface area (Å²) < 4.78 is 1.64. The van der Waals surface area contributed by atoms with Crippen LogP contribution < -0.4 is 5.56 Å². The minimum absolute atomic E-state index is 0.106. The minimum atomic E-state index is -0.106. The Morgan fingerprint density at radius 2 is 1.78 bits per heavy atom. The van der Waals surface area contributed by atoms with Gasteiger partial charge in [-0.25, -0.2) is 4.98 Å². The molecule has 1 aliphatic rings. The number of likely N-dealkylation sites (tertiary alicyclic amines) is 1. The molecule has 0 aliphatic carbocycles. The summed E-state index contributed by atoms with van der Waals surface area (Å²) in [5, 5.41) is 1.14. The quantitative estimate of drug-likeness (QED) is 0.515. The summed E-state index contributed by atoms with van der Waals surface area (Å²) in [6.07, 6.45) is 2.14. The standard InChI is InChI=1S/C21H21N3O2S/c1-15-8-2-5-11-18(15)24-20(26)16-9-3-4-10-17(16)22-21(24)27-14-19(25)23-12-6-7-13-23/h2-5,8-11H,6-7,12-14H2,1H3. The molecule has 3 aromatic rings. The Morgan fingerprint density at radius 1 is 1.07 bits per heavy atom. The van der Waals surface area contributed by atoms with Gasteiger partial charge in [-0.15, -0.1) is 0 Å². The Bertz CT molecular complexity index is 1050. The molecule has 1 aliphatic heterocycles. The fourth-order valence-electron chi connectivity index (χ4n) is 3.42. The van der Waals surface area contributed by atoms with Crippen molar-refractivity contribution >= 4 is 28.6 Å². The van der Waals surface area contributed by atoms with Crippen molar-refractivity contribution in [3.8, 4) is 5.69 Å². The highest BCUT2D eigenvalue weighted by Gasteiger charge is 2.20. The first kappa shape index (κ1) is 17.8. The number of aryl methyl sites for hydroxylation is 1. The van der Waals surface area contributed by atoms with E-state index >= 15 is 0 Å². The van der Waals surface area contributed by atoms with Crippen molar-refractivity contribution in [2.75, 3.05) is 18.8 Å². The van der Waals surface area contributed by atoms with Gasteiger partial charge in [0.1, 0.15) is 0 Å². The molecule has 6 heteroatoms. The molecule has 0 unspecified atom stereocenters. The van der Waals surface area contributed by atoms with Crippen LogP contribution in [0, 0.1) is 6.92 Å². The van der Waals surface area contributed by atoms with Crippen molar-refractivity contribution in [1.29, 1.82) is 0 Å². The summed E-state index contributed by atoms with van der Waals surface area (Å²) in [7, 11) is 0. The molecule has 27 heavy (non-hydrogen) atoms. The summed E-state index contributed by atoms with van der Waals surface area (Å²) in [6, 6.07) is 15.1. The van der Waals surface area contributed by atoms with E-state index in [2.05, 4.69) is 0 Å². The van der Waals surface area contributed by atoms with E-state index in [1.807, 2.05) is 54.3 Å². The van der Waals surface area contributed by atoms with E-state index in [0.29, 0.717) is 16.1 Å². The van der Waals surface area contributed by atoms with Gasteiger partial charge in [0.05, 0.1) is 22.3 Å². The van der Waals surface area contributed by atoms with E-state index < -0.39 is 0 Å². The molecule has 0 atom stereocenters. The zero-order valence-corrected chi connectivity index (χ0v) is 16.0. The highest BCUT2D eigenvalue weighted by molar-refractivity contribution is 7.99. The molecule has 0 bridgehead atoms. The molecule has 5 nitrogen and oxygen atoms in total. The molecule has 2 aromatic carbocycles. The van der Waals surface area contributed by atoms with Crippen LogP contribution in [0.5, 0.6) is 0 Å². The molecule has 2 heterocycles. The van der Waals surface area contributed by atoms with Gasteiger partial charge in [0.15, 0.2) is 5.16 Å². The molecule has 1 saturated heterocycles. The van der Waals surface area contributed by atoms with E-state index in [4.69, 9.17) is 4.98 Å². The molecule has 0 saturated carbocycles. The van der Waals surface area contributed by atoms with E-state index in [-0.39, 0.29) is 17.2 Å². The van der Waals surface area contributed by atoms with Crippen LogP contribution in [-0.2, 0) is 4.79 Å². The van der Waals surface area contributed by atoms with Crippen LogP contribution in [-0.4, -0.2) is 39.2 Å². The summed E-state index contributed by atoms with van der Waals surface area (Å²) in [6.45, 7) is 3.63. The van der Waals surface area contributed by atoms with Crippen LogP contribution in [0.2, 0.25) is 0 Å². The van der Waals surface area contributed by atoms with Gasteiger partial charge in [-0.3, -0.25) is 14.2 Å². The number of carbonyl (C=O) groups excluding carboxylic acids is 1. The number of thioether (sulfide) groups is 1. The number of aromatic nitrogens is 2. The first-order valence-electron chi connectivity index (χ1n) is 9.13. The van der Waals surface area contributed by atoms with Gasteiger partial charge in [-0.05, 0) is 43.5 Å². The van der Waals surface area contributed by atoms with E-state index in [9.17, 15) is 9.59 Å². The number of para-hydroxylation sites is 2. The fraction of sp³-hybridized carbons (Fsp3) is 0.286. The van der Waals surface area contributed by atoms with Gasteiger partial charge < -0.3 is 4.90 Å². The van der Waals surface area contributed by atoms with Crippen molar-refractivity contribution in [1.82, 2.24) is 14.5 Å². The normalized spacial score (nSPS) is 14.0. The number of benzene rings is 2. The van der Waals surface area contributed by atoms with Crippen LogP contribution in [0.25, 0.3) is 16.6 Å². The lowest BCUT2D eigenvalue weighted by atomic mass is 10.2. The molecular formula is C21H21N3O2S. The van der Waals surface area contributed by atoms with Crippen molar-refractivity contribution in [2.24, 2.45) is 0 Å². The maximum Gasteiger partial charge on any atom is 0.266 e. The zero-order valence-electron chi connectivity index (χ0n) is 15.2. The van der Waals surface area contributed by atoms with Gasteiger partial charge in [-0.2, -0.15) is 0 Å². The van der Waals surface area contributed by atoms with E-state index in [0.717, 1.165) is 37.2 Å². The van der Waals surface area contributed by atoms with Crippen molar-refractivity contribution < 1.29 is 4.79 Å². The smallest absolute Gasteiger partial charge is 0.266 e. The van der Waals surface area contributed by atoms with Crippen LogP contribution in [0.4, 0.5) is 0 Å². The van der Waals surface area contributed by atoms with Gasteiger partial charge >= 0.3 is 0 Å². The lowest BCUT2D eigenvalue weighted by Crippen LogP contribution is -2.30. The van der Waals surface area contributed by atoms with Crippen LogP contribution in [0.1, 0.15) is 18.4 Å². The number of hydrogen-bond donors (Lipinski definition) is 0. The third-order valence-electron chi connectivity index (χ3n) is 4.88. The maximum atomic E-state index is 13.2. The molecule has 0 radical (unpaired) electrons. The molecule has 0 N–H and O–H groups in total. The van der Waals surface area contributed by atoms with Gasteiger partial charge in [0.2, 0.25) is 5.91 Å². The third-order valence-corrected chi connectivity index (χ3v) is 5.81. The molecule has 0 spiro atoms. The number of fused-ring (bicyclic) bond motifs is 1. The third kappa shape index (κ3) is 3.49. The number of carbonyl (C=O) groups is 1. The second-order valence-electron chi connectivity index (χ2n) is 6.72. The van der Waals surface area contributed by atoms with Crippen molar-refractivity contribution in [2.45, 2.75) is 24.9 Å². The summed E-state index contributed by atoms with van der Waals surface area (Å²) in [5.41, 5.74) is 2.34. The molecular weight excluding hydrogens is 358 g/mol. The molecule has 1 aromatic heterocycles. The molecule has 1 amide bonds. The SMILES string of the molecule is Cc1ccccc1-n1c(SCC(=O)N2CCCC2)nc2ccccc2c1=O. The average molecular weight is 379 g/mol. The zero-order chi connectivity index (χ0) is 18.8. The second kappa shape index (κ2) is 7.56. The lowest BCUT2D eigenvalue weighted by molar-refractivity contribution is -0.127. The van der Waals surface area contributed by atoms with Crippen molar-refractivity contribution in [3.05, 3.63) is 64.4 Å². The summed E-state index contributed by atoms with van der Waals surface area (Å²) in [4.78, 5) is 32.3. The highest BCUT2D eigenvalue weighted by atomic mass is 32.2. The van der Waals surface area contributed by atoms with Gasteiger partial charge in [0.25, 0.3) is 5.56 Å². The molecule has 1 fully saturated rings. The number of amides is 1. The van der Waals surface area contributed by atoms with Crippen LogP contribution in [0.15, 0.2) is 58.5 Å². The predicted octanol–water partition coefficient (Wildman–Crippen LogP) is 3.41. The topological polar surface area (TPSA) is 55.2 Å². The number of hydrogen-bond acceptors (Lipinski definition) is 4. The maximum absolute atomic E-state index is 13.2. The molecule has 4 rings (SSSR count). The Hall–Kier alpha value is -2.60. The Morgan fingerprint density at radius 3 is 2.56 bits per heavy atom. The van der Waals surface area contributed by atoms with E-state index in [1.165, 1.54) is 11.8 Å².